The largest absolute Gasteiger partial charge is 0.361 e. The maximum absolute atomic E-state index is 5.66. The molecular formula is C16H27NO. The highest BCUT2D eigenvalue weighted by Gasteiger charge is 2.30. The lowest BCUT2D eigenvalue weighted by molar-refractivity contribution is 0.0320. The first kappa shape index (κ1) is 15.2. The van der Waals surface area contributed by atoms with Crippen LogP contribution < -0.4 is 5.32 Å². The lowest BCUT2D eigenvalue weighted by Gasteiger charge is -2.26. The molecule has 102 valence electrons. The van der Waals surface area contributed by atoms with E-state index >= 15 is 0 Å². The van der Waals surface area contributed by atoms with Crippen LogP contribution in [0.15, 0.2) is 29.0 Å². The fraction of sp³-hybridized carbons (Fsp3) is 0.688. The van der Waals surface area contributed by atoms with Crippen LogP contribution in [-0.2, 0) is 4.74 Å². The van der Waals surface area contributed by atoms with Gasteiger partial charge in [-0.1, -0.05) is 25.5 Å². The van der Waals surface area contributed by atoms with Crippen molar-refractivity contribution in [3.8, 4) is 0 Å². The van der Waals surface area contributed by atoms with E-state index in [1.54, 1.807) is 0 Å². The third-order valence-corrected chi connectivity index (χ3v) is 3.15. The van der Waals surface area contributed by atoms with Crippen molar-refractivity contribution in [1.29, 1.82) is 0 Å². The van der Waals surface area contributed by atoms with Gasteiger partial charge in [0.25, 0.3) is 0 Å². The Hall–Kier alpha value is -0.820. The van der Waals surface area contributed by atoms with Gasteiger partial charge in [-0.05, 0) is 45.3 Å². The third-order valence-electron chi connectivity index (χ3n) is 3.15. The predicted molar refractivity (Wildman–Crippen MR) is 77.5 cm³/mol. The van der Waals surface area contributed by atoms with Crippen molar-refractivity contribution in [1.82, 2.24) is 5.32 Å². The van der Waals surface area contributed by atoms with Crippen molar-refractivity contribution in [2.75, 3.05) is 13.2 Å². The van der Waals surface area contributed by atoms with Gasteiger partial charge in [0.15, 0.2) is 0 Å². The standard InChI is InChI=1S/C16H27NO/c1-13(2)7-6-8-14(3)9-10-16(4,5)15-17-11-12-18-15/h7,10,15,17H,6,8,11-12H2,1-5H3. The first-order valence-electron chi connectivity index (χ1n) is 6.83. The topological polar surface area (TPSA) is 21.3 Å². The SMILES string of the molecule is CC(=C=CC(C)(C)C1NCCO1)CCC=C(C)C. The molecule has 1 N–H and O–H groups in total. The summed E-state index contributed by atoms with van der Waals surface area (Å²) in [5.74, 6) is 0. The molecule has 1 fully saturated rings. The average molecular weight is 249 g/mol. The van der Waals surface area contributed by atoms with E-state index in [4.69, 9.17) is 4.74 Å². The molecule has 1 atom stereocenters. The van der Waals surface area contributed by atoms with Gasteiger partial charge in [0.1, 0.15) is 6.23 Å². The summed E-state index contributed by atoms with van der Waals surface area (Å²) in [6.45, 7) is 12.6. The van der Waals surface area contributed by atoms with Crippen LogP contribution in [0.2, 0.25) is 0 Å². The molecule has 1 aliphatic heterocycles. The van der Waals surface area contributed by atoms with E-state index in [2.05, 4.69) is 57.8 Å². The second-order valence-electron chi connectivity index (χ2n) is 5.92. The van der Waals surface area contributed by atoms with Crippen molar-refractivity contribution in [3.63, 3.8) is 0 Å². The first-order valence-corrected chi connectivity index (χ1v) is 6.83. The van der Waals surface area contributed by atoms with E-state index in [1.807, 2.05) is 0 Å². The molecule has 1 rings (SSSR count). The van der Waals surface area contributed by atoms with Gasteiger partial charge in [0.2, 0.25) is 0 Å². The molecule has 1 heterocycles. The number of ether oxygens (including phenoxy) is 1. The van der Waals surface area contributed by atoms with Crippen molar-refractivity contribution in [3.05, 3.63) is 29.0 Å². The van der Waals surface area contributed by atoms with Crippen LogP contribution >= 0.6 is 0 Å². The Labute approximate surface area is 112 Å². The summed E-state index contributed by atoms with van der Waals surface area (Å²) in [7, 11) is 0. The number of hydrogen-bond donors (Lipinski definition) is 1. The van der Waals surface area contributed by atoms with Gasteiger partial charge < -0.3 is 4.74 Å². The van der Waals surface area contributed by atoms with Crippen molar-refractivity contribution >= 4 is 0 Å². The Morgan fingerprint density at radius 1 is 1.39 bits per heavy atom. The molecule has 0 aromatic carbocycles. The zero-order chi connectivity index (χ0) is 13.6. The highest BCUT2D eigenvalue weighted by molar-refractivity contribution is 5.06. The summed E-state index contributed by atoms with van der Waals surface area (Å²) >= 11 is 0. The van der Waals surface area contributed by atoms with Crippen LogP contribution in [0.3, 0.4) is 0 Å². The van der Waals surface area contributed by atoms with Crippen LogP contribution in [0.5, 0.6) is 0 Å². The third kappa shape index (κ3) is 5.22. The van der Waals surface area contributed by atoms with E-state index in [0.717, 1.165) is 26.0 Å². The first-order chi connectivity index (χ1) is 8.42. The Morgan fingerprint density at radius 3 is 2.67 bits per heavy atom. The molecule has 0 bridgehead atoms. The summed E-state index contributed by atoms with van der Waals surface area (Å²) in [6, 6.07) is 0. The van der Waals surface area contributed by atoms with Gasteiger partial charge in [-0.15, -0.1) is 5.73 Å². The molecule has 0 spiro atoms. The second-order valence-corrected chi connectivity index (χ2v) is 5.92. The Bertz CT molecular complexity index is 349. The number of nitrogens with one attached hydrogen (secondary N) is 1. The van der Waals surface area contributed by atoms with Gasteiger partial charge in [0.05, 0.1) is 6.61 Å². The molecule has 1 saturated heterocycles. The zero-order valence-electron chi connectivity index (χ0n) is 12.5. The fourth-order valence-electron chi connectivity index (χ4n) is 1.94. The maximum Gasteiger partial charge on any atom is 0.117 e. The lowest BCUT2D eigenvalue weighted by atomic mass is 9.90. The molecule has 2 heteroatoms. The van der Waals surface area contributed by atoms with Gasteiger partial charge >= 0.3 is 0 Å². The number of rotatable bonds is 5. The molecule has 2 nitrogen and oxygen atoms in total. The number of hydrogen-bond acceptors (Lipinski definition) is 2. The number of allylic oxidation sites excluding steroid dienone is 2. The van der Waals surface area contributed by atoms with Crippen LogP contribution in [0.1, 0.15) is 47.5 Å². The monoisotopic (exact) mass is 249 g/mol. The lowest BCUT2D eigenvalue weighted by Crippen LogP contribution is -2.36. The van der Waals surface area contributed by atoms with E-state index in [-0.39, 0.29) is 11.6 Å². The Kier molecular flexibility index (Phi) is 5.87. The molecule has 0 amide bonds. The van der Waals surface area contributed by atoms with E-state index in [9.17, 15) is 0 Å². The van der Waals surface area contributed by atoms with E-state index < -0.39 is 0 Å². The second kappa shape index (κ2) is 6.94. The molecule has 0 saturated carbocycles. The van der Waals surface area contributed by atoms with Crippen LogP contribution in [-0.4, -0.2) is 19.4 Å². The van der Waals surface area contributed by atoms with E-state index in [1.165, 1.54) is 11.1 Å². The van der Waals surface area contributed by atoms with Crippen LogP contribution in [0.25, 0.3) is 0 Å². The quantitative estimate of drug-likeness (QED) is 0.591. The molecular weight excluding hydrogens is 222 g/mol. The summed E-state index contributed by atoms with van der Waals surface area (Å²) in [4.78, 5) is 0. The summed E-state index contributed by atoms with van der Waals surface area (Å²) in [5.41, 5.74) is 6.10. The Balaban J connectivity index is 2.56. The van der Waals surface area contributed by atoms with Gasteiger partial charge in [-0.25, -0.2) is 0 Å². The minimum absolute atomic E-state index is 0.00568. The highest BCUT2D eigenvalue weighted by Crippen LogP contribution is 2.25. The molecule has 0 aromatic rings. The van der Waals surface area contributed by atoms with Crippen LogP contribution in [0.4, 0.5) is 0 Å². The molecule has 0 aliphatic carbocycles. The summed E-state index contributed by atoms with van der Waals surface area (Å²) in [5, 5.41) is 3.37. The van der Waals surface area contributed by atoms with Gasteiger partial charge in [-0.2, -0.15) is 0 Å². The maximum atomic E-state index is 5.66. The van der Waals surface area contributed by atoms with Crippen LogP contribution in [0, 0.1) is 5.41 Å². The smallest absolute Gasteiger partial charge is 0.117 e. The summed E-state index contributed by atoms with van der Waals surface area (Å²) < 4.78 is 5.66. The van der Waals surface area contributed by atoms with E-state index in [0.29, 0.717) is 0 Å². The van der Waals surface area contributed by atoms with Crippen molar-refractivity contribution in [2.45, 2.75) is 53.7 Å². The van der Waals surface area contributed by atoms with Crippen molar-refractivity contribution in [2.24, 2.45) is 5.41 Å². The highest BCUT2D eigenvalue weighted by atomic mass is 16.5. The minimum atomic E-state index is -0.00568. The van der Waals surface area contributed by atoms with Gasteiger partial charge in [0, 0.05) is 12.0 Å². The molecule has 1 unspecified atom stereocenters. The predicted octanol–water partition coefficient (Wildman–Crippen LogP) is 3.81. The fourth-order valence-corrected chi connectivity index (χ4v) is 1.94. The van der Waals surface area contributed by atoms with Crippen molar-refractivity contribution < 1.29 is 4.74 Å². The summed E-state index contributed by atoms with van der Waals surface area (Å²) in [6.07, 6.45) is 6.73. The zero-order valence-corrected chi connectivity index (χ0v) is 12.5. The molecule has 18 heavy (non-hydrogen) atoms. The average Bonchev–Trinajstić information content (AvgIpc) is 2.80. The molecule has 0 aromatic heterocycles. The minimum Gasteiger partial charge on any atom is -0.361 e. The van der Waals surface area contributed by atoms with Gasteiger partial charge in [-0.3, -0.25) is 5.32 Å². The molecule has 0 radical (unpaired) electrons. The Morgan fingerprint density at radius 2 is 2.11 bits per heavy atom. The normalized spacial score (nSPS) is 19.3. The molecule has 1 aliphatic rings.